The molecule has 0 unspecified atom stereocenters. The Morgan fingerprint density at radius 1 is 1.29 bits per heavy atom. The molecule has 2 N–H and O–H groups in total. The standard InChI is InChI=1S/C13H17N3O/c1-16-11(7-8-14)9-13(15-16)10-3-5-12(17-2)6-4-10/h3-6,9H,7-8,14H2,1-2H3. The fourth-order valence-corrected chi connectivity index (χ4v) is 1.79. The summed E-state index contributed by atoms with van der Waals surface area (Å²) in [5.74, 6) is 0.854. The molecule has 2 aromatic rings. The number of nitrogens with two attached hydrogens (primary N) is 1. The maximum atomic E-state index is 5.56. The molecule has 0 radical (unpaired) electrons. The zero-order valence-corrected chi connectivity index (χ0v) is 10.2. The molecule has 0 atom stereocenters. The summed E-state index contributed by atoms with van der Waals surface area (Å²) in [4.78, 5) is 0. The average molecular weight is 231 g/mol. The van der Waals surface area contributed by atoms with Gasteiger partial charge in [-0.2, -0.15) is 5.10 Å². The predicted molar refractivity (Wildman–Crippen MR) is 68.0 cm³/mol. The van der Waals surface area contributed by atoms with Crippen LogP contribution in [0.15, 0.2) is 30.3 Å². The van der Waals surface area contributed by atoms with Gasteiger partial charge in [-0.3, -0.25) is 4.68 Å². The summed E-state index contributed by atoms with van der Waals surface area (Å²) in [7, 11) is 3.60. The number of aryl methyl sites for hydroxylation is 1. The molecule has 0 aliphatic carbocycles. The Morgan fingerprint density at radius 2 is 2.00 bits per heavy atom. The lowest BCUT2D eigenvalue weighted by molar-refractivity contribution is 0.415. The molecule has 2 rings (SSSR count). The van der Waals surface area contributed by atoms with E-state index in [9.17, 15) is 0 Å². The fourth-order valence-electron chi connectivity index (χ4n) is 1.79. The smallest absolute Gasteiger partial charge is 0.118 e. The van der Waals surface area contributed by atoms with Crippen molar-refractivity contribution in [3.05, 3.63) is 36.0 Å². The van der Waals surface area contributed by atoms with E-state index in [-0.39, 0.29) is 0 Å². The minimum Gasteiger partial charge on any atom is -0.497 e. The number of hydrogen-bond donors (Lipinski definition) is 1. The molecule has 0 aliphatic rings. The van der Waals surface area contributed by atoms with Crippen LogP contribution in [-0.2, 0) is 13.5 Å². The van der Waals surface area contributed by atoms with Gasteiger partial charge in [0, 0.05) is 24.7 Å². The van der Waals surface area contributed by atoms with Crippen LogP contribution < -0.4 is 10.5 Å². The molecule has 4 heteroatoms. The maximum absolute atomic E-state index is 5.56. The molecule has 0 saturated heterocycles. The van der Waals surface area contributed by atoms with Crippen LogP contribution in [0, 0.1) is 0 Å². The van der Waals surface area contributed by atoms with Crippen molar-refractivity contribution in [2.24, 2.45) is 12.8 Å². The van der Waals surface area contributed by atoms with Gasteiger partial charge in [-0.25, -0.2) is 0 Å². The highest BCUT2D eigenvalue weighted by Crippen LogP contribution is 2.21. The molecular weight excluding hydrogens is 214 g/mol. The number of methoxy groups -OCH3 is 1. The molecular formula is C13H17N3O. The Bertz CT molecular complexity index is 488. The van der Waals surface area contributed by atoms with Crippen molar-refractivity contribution in [1.29, 1.82) is 0 Å². The third-order valence-electron chi connectivity index (χ3n) is 2.76. The van der Waals surface area contributed by atoms with E-state index in [2.05, 4.69) is 11.2 Å². The van der Waals surface area contributed by atoms with Gasteiger partial charge in [0.15, 0.2) is 0 Å². The molecule has 1 aromatic carbocycles. The van der Waals surface area contributed by atoms with Crippen molar-refractivity contribution in [2.45, 2.75) is 6.42 Å². The maximum Gasteiger partial charge on any atom is 0.118 e. The normalized spacial score (nSPS) is 10.5. The summed E-state index contributed by atoms with van der Waals surface area (Å²) in [6.45, 7) is 0.640. The number of nitrogens with zero attached hydrogens (tertiary/aromatic N) is 2. The lowest BCUT2D eigenvalue weighted by Crippen LogP contribution is -2.06. The van der Waals surface area contributed by atoms with Crippen molar-refractivity contribution in [1.82, 2.24) is 9.78 Å². The molecule has 0 spiro atoms. The minimum absolute atomic E-state index is 0.640. The molecule has 17 heavy (non-hydrogen) atoms. The molecule has 4 nitrogen and oxygen atoms in total. The van der Waals surface area contributed by atoms with Crippen LogP contribution in [0.1, 0.15) is 5.69 Å². The van der Waals surface area contributed by atoms with Gasteiger partial charge in [0.2, 0.25) is 0 Å². The second kappa shape index (κ2) is 5.01. The van der Waals surface area contributed by atoms with E-state index in [0.717, 1.165) is 29.1 Å². The van der Waals surface area contributed by atoms with E-state index >= 15 is 0 Å². The lowest BCUT2D eigenvalue weighted by atomic mass is 10.1. The van der Waals surface area contributed by atoms with Crippen LogP contribution in [0.5, 0.6) is 5.75 Å². The van der Waals surface area contributed by atoms with Crippen molar-refractivity contribution >= 4 is 0 Å². The van der Waals surface area contributed by atoms with E-state index in [1.165, 1.54) is 0 Å². The Balaban J connectivity index is 2.29. The molecule has 1 aromatic heterocycles. The number of ether oxygens (including phenoxy) is 1. The van der Waals surface area contributed by atoms with E-state index in [1.807, 2.05) is 36.0 Å². The molecule has 90 valence electrons. The van der Waals surface area contributed by atoms with Crippen molar-refractivity contribution in [3.63, 3.8) is 0 Å². The van der Waals surface area contributed by atoms with Gasteiger partial charge in [0.25, 0.3) is 0 Å². The quantitative estimate of drug-likeness (QED) is 0.869. The van der Waals surface area contributed by atoms with Gasteiger partial charge >= 0.3 is 0 Å². The number of rotatable bonds is 4. The van der Waals surface area contributed by atoms with Crippen LogP contribution in [0.2, 0.25) is 0 Å². The van der Waals surface area contributed by atoms with Gasteiger partial charge in [0.1, 0.15) is 5.75 Å². The topological polar surface area (TPSA) is 53.1 Å². The molecule has 0 amide bonds. The third-order valence-corrected chi connectivity index (χ3v) is 2.76. The number of hydrogen-bond acceptors (Lipinski definition) is 3. The van der Waals surface area contributed by atoms with E-state index in [1.54, 1.807) is 7.11 Å². The zero-order valence-electron chi connectivity index (χ0n) is 10.2. The first-order valence-electron chi connectivity index (χ1n) is 5.62. The largest absolute Gasteiger partial charge is 0.497 e. The molecule has 0 saturated carbocycles. The summed E-state index contributed by atoms with van der Waals surface area (Å²) < 4.78 is 7.01. The fraction of sp³-hybridized carbons (Fsp3) is 0.308. The van der Waals surface area contributed by atoms with Gasteiger partial charge in [-0.05, 0) is 36.9 Å². The molecule has 0 aliphatic heterocycles. The Kier molecular flexibility index (Phi) is 3.44. The van der Waals surface area contributed by atoms with E-state index in [4.69, 9.17) is 10.5 Å². The van der Waals surface area contributed by atoms with E-state index in [0.29, 0.717) is 6.54 Å². The van der Waals surface area contributed by atoms with Crippen LogP contribution in [0.25, 0.3) is 11.3 Å². The van der Waals surface area contributed by atoms with Crippen LogP contribution in [-0.4, -0.2) is 23.4 Å². The molecule has 0 bridgehead atoms. The predicted octanol–water partition coefficient (Wildman–Crippen LogP) is 1.60. The van der Waals surface area contributed by atoms with Crippen LogP contribution in [0.4, 0.5) is 0 Å². The van der Waals surface area contributed by atoms with Gasteiger partial charge < -0.3 is 10.5 Å². The van der Waals surface area contributed by atoms with Crippen molar-refractivity contribution in [2.75, 3.05) is 13.7 Å². The lowest BCUT2D eigenvalue weighted by Gasteiger charge is -2.00. The van der Waals surface area contributed by atoms with E-state index < -0.39 is 0 Å². The van der Waals surface area contributed by atoms with Crippen molar-refractivity contribution < 1.29 is 4.74 Å². The highest BCUT2D eigenvalue weighted by Gasteiger charge is 2.06. The summed E-state index contributed by atoms with van der Waals surface area (Å²) in [6, 6.07) is 9.97. The van der Waals surface area contributed by atoms with Crippen molar-refractivity contribution in [3.8, 4) is 17.0 Å². The van der Waals surface area contributed by atoms with Crippen LogP contribution in [0.3, 0.4) is 0 Å². The Labute approximate surface area is 101 Å². The Morgan fingerprint density at radius 3 is 2.59 bits per heavy atom. The second-order valence-corrected chi connectivity index (χ2v) is 3.91. The summed E-state index contributed by atoms with van der Waals surface area (Å²) in [5, 5.41) is 4.48. The second-order valence-electron chi connectivity index (χ2n) is 3.91. The van der Waals surface area contributed by atoms with Gasteiger partial charge in [0.05, 0.1) is 12.8 Å². The summed E-state index contributed by atoms with van der Waals surface area (Å²) >= 11 is 0. The first kappa shape index (κ1) is 11.7. The van der Waals surface area contributed by atoms with Crippen LogP contribution >= 0.6 is 0 Å². The first-order valence-corrected chi connectivity index (χ1v) is 5.62. The summed E-state index contributed by atoms with van der Waals surface area (Å²) in [5.41, 5.74) is 8.77. The highest BCUT2D eigenvalue weighted by molar-refractivity contribution is 5.60. The highest BCUT2D eigenvalue weighted by atomic mass is 16.5. The molecule has 1 heterocycles. The number of benzene rings is 1. The van der Waals surface area contributed by atoms with Gasteiger partial charge in [-0.1, -0.05) is 0 Å². The average Bonchev–Trinajstić information content (AvgIpc) is 2.72. The summed E-state index contributed by atoms with van der Waals surface area (Å²) in [6.07, 6.45) is 0.847. The van der Waals surface area contributed by atoms with Gasteiger partial charge in [-0.15, -0.1) is 0 Å². The third kappa shape index (κ3) is 2.47. The monoisotopic (exact) mass is 231 g/mol. The minimum atomic E-state index is 0.640. The Hall–Kier alpha value is -1.81. The molecule has 0 fully saturated rings. The first-order chi connectivity index (χ1) is 8.24. The zero-order chi connectivity index (χ0) is 12.3. The number of aromatic nitrogens is 2. The SMILES string of the molecule is COc1ccc(-c2cc(CCN)n(C)n2)cc1.